The summed E-state index contributed by atoms with van der Waals surface area (Å²) < 4.78 is 4.83. The maximum atomic E-state index is 11.3. The lowest BCUT2D eigenvalue weighted by Gasteiger charge is -2.22. The van der Waals surface area contributed by atoms with Crippen molar-refractivity contribution in [3.63, 3.8) is 0 Å². The fourth-order valence-electron chi connectivity index (χ4n) is 1.98. The molecule has 0 aromatic rings. The largest absolute Gasteiger partial charge is 0.463 e. The van der Waals surface area contributed by atoms with Crippen LogP contribution in [0.2, 0.25) is 0 Å². The fraction of sp³-hybridized carbons (Fsp3) is 0.727. The second-order valence-electron chi connectivity index (χ2n) is 4.02. The van der Waals surface area contributed by atoms with Gasteiger partial charge in [-0.1, -0.05) is 6.92 Å². The number of hydrogen-bond acceptors (Lipinski definition) is 4. The average molecular weight is 213 g/mol. The smallest absolute Gasteiger partial charge is 0.332 e. The van der Waals surface area contributed by atoms with Gasteiger partial charge in [-0.25, -0.2) is 4.79 Å². The highest BCUT2D eigenvalue weighted by Crippen LogP contribution is 2.31. The highest BCUT2D eigenvalue weighted by Gasteiger charge is 2.39. The number of hydrogen-bond donors (Lipinski definition) is 2. The Kier molecular flexibility index (Phi) is 3.74. The zero-order valence-corrected chi connectivity index (χ0v) is 9.54. The summed E-state index contributed by atoms with van der Waals surface area (Å²) in [5, 5.41) is 13.1. The van der Waals surface area contributed by atoms with Crippen molar-refractivity contribution in [2.75, 3.05) is 13.2 Å². The van der Waals surface area contributed by atoms with E-state index in [1.165, 1.54) is 6.08 Å². The molecule has 0 radical (unpaired) electrons. The third-order valence-electron chi connectivity index (χ3n) is 2.74. The van der Waals surface area contributed by atoms with Crippen molar-refractivity contribution < 1.29 is 14.6 Å². The van der Waals surface area contributed by atoms with Crippen LogP contribution in [0.15, 0.2) is 11.8 Å². The third-order valence-corrected chi connectivity index (χ3v) is 2.74. The van der Waals surface area contributed by atoms with Crippen molar-refractivity contribution in [2.24, 2.45) is 5.92 Å². The van der Waals surface area contributed by atoms with Crippen molar-refractivity contribution >= 4 is 5.97 Å². The number of aliphatic hydroxyl groups is 1. The van der Waals surface area contributed by atoms with Gasteiger partial charge in [0.15, 0.2) is 0 Å². The second kappa shape index (κ2) is 4.66. The van der Waals surface area contributed by atoms with E-state index in [0.717, 1.165) is 12.1 Å². The van der Waals surface area contributed by atoms with E-state index in [4.69, 9.17) is 4.74 Å². The first-order valence-electron chi connectivity index (χ1n) is 5.35. The van der Waals surface area contributed by atoms with Crippen LogP contribution in [0.25, 0.3) is 0 Å². The Labute approximate surface area is 90.3 Å². The van der Waals surface area contributed by atoms with Gasteiger partial charge in [-0.05, 0) is 20.3 Å². The normalized spacial score (nSPS) is 32.8. The number of carbonyl (C=O) groups is 1. The molecule has 15 heavy (non-hydrogen) atoms. The lowest BCUT2D eigenvalue weighted by molar-refractivity contribution is -0.137. The molecule has 0 aromatic carbocycles. The van der Waals surface area contributed by atoms with Crippen molar-refractivity contribution in [1.29, 1.82) is 0 Å². The topological polar surface area (TPSA) is 58.6 Å². The molecule has 0 unspecified atom stereocenters. The van der Waals surface area contributed by atoms with Gasteiger partial charge >= 0.3 is 5.97 Å². The molecule has 0 aromatic heterocycles. The third kappa shape index (κ3) is 2.72. The first-order chi connectivity index (χ1) is 7.01. The number of nitrogens with one attached hydrogen (secondary N) is 1. The van der Waals surface area contributed by atoms with Crippen LogP contribution in [-0.2, 0) is 9.53 Å². The van der Waals surface area contributed by atoms with Crippen LogP contribution in [-0.4, -0.2) is 29.8 Å². The van der Waals surface area contributed by atoms with E-state index in [2.05, 4.69) is 5.32 Å². The predicted molar refractivity (Wildman–Crippen MR) is 57.1 cm³/mol. The minimum atomic E-state index is -0.771. The molecule has 1 aliphatic heterocycles. The first-order valence-corrected chi connectivity index (χ1v) is 5.35. The Balaban J connectivity index is 2.75. The molecule has 4 heteroatoms. The van der Waals surface area contributed by atoms with E-state index in [-0.39, 0.29) is 11.9 Å². The lowest BCUT2D eigenvalue weighted by Crippen LogP contribution is -2.33. The summed E-state index contributed by atoms with van der Waals surface area (Å²) >= 11 is 0. The van der Waals surface area contributed by atoms with Crippen LogP contribution in [0.5, 0.6) is 0 Å². The van der Waals surface area contributed by atoms with Gasteiger partial charge in [0.25, 0.3) is 0 Å². The van der Waals surface area contributed by atoms with Gasteiger partial charge in [0.1, 0.15) is 0 Å². The van der Waals surface area contributed by atoms with Crippen molar-refractivity contribution in [3.05, 3.63) is 11.8 Å². The van der Waals surface area contributed by atoms with Crippen molar-refractivity contribution in [2.45, 2.75) is 32.8 Å². The summed E-state index contributed by atoms with van der Waals surface area (Å²) in [6.07, 6.45) is 2.24. The van der Waals surface area contributed by atoms with Gasteiger partial charge in [-0.2, -0.15) is 0 Å². The van der Waals surface area contributed by atoms with E-state index < -0.39 is 5.60 Å². The van der Waals surface area contributed by atoms with Gasteiger partial charge in [-0.15, -0.1) is 0 Å². The zero-order valence-electron chi connectivity index (χ0n) is 9.54. The lowest BCUT2D eigenvalue weighted by atomic mass is 9.88. The van der Waals surface area contributed by atoms with Crippen LogP contribution in [0.1, 0.15) is 27.2 Å². The SMILES string of the molecule is CCOC(=O)/C=C1\NC[C@@](C)(O)[C@H]1CC. The van der Waals surface area contributed by atoms with Crippen LogP contribution in [0, 0.1) is 5.92 Å². The van der Waals surface area contributed by atoms with Crippen LogP contribution in [0.3, 0.4) is 0 Å². The Bertz CT molecular complexity index is 271. The summed E-state index contributed by atoms with van der Waals surface area (Å²) in [5.41, 5.74) is 0.00790. The molecule has 0 aliphatic carbocycles. The minimum absolute atomic E-state index is 0.0121. The van der Waals surface area contributed by atoms with E-state index in [1.54, 1.807) is 13.8 Å². The van der Waals surface area contributed by atoms with E-state index in [1.807, 2.05) is 6.92 Å². The molecule has 2 atom stereocenters. The quantitative estimate of drug-likeness (QED) is 0.538. The number of β-amino-alcohol motifs (C(OH)–C–C–N with tert-alkyl or cyclic N) is 1. The zero-order chi connectivity index (χ0) is 11.5. The van der Waals surface area contributed by atoms with Crippen LogP contribution in [0.4, 0.5) is 0 Å². The van der Waals surface area contributed by atoms with Gasteiger partial charge < -0.3 is 15.2 Å². The van der Waals surface area contributed by atoms with Crippen molar-refractivity contribution in [1.82, 2.24) is 5.32 Å². The molecule has 4 nitrogen and oxygen atoms in total. The molecule has 86 valence electrons. The van der Waals surface area contributed by atoms with Gasteiger partial charge in [0, 0.05) is 24.2 Å². The average Bonchev–Trinajstić information content (AvgIpc) is 2.41. The molecule has 1 heterocycles. The molecular weight excluding hydrogens is 194 g/mol. The number of carbonyl (C=O) groups excluding carboxylic acids is 1. The molecule has 0 bridgehead atoms. The van der Waals surface area contributed by atoms with Gasteiger partial charge in [0.2, 0.25) is 0 Å². The summed E-state index contributed by atoms with van der Waals surface area (Å²) in [6, 6.07) is 0. The molecular formula is C11H19NO3. The number of rotatable bonds is 3. The van der Waals surface area contributed by atoms with E-state index in [9.17, 15) is 9.90 Å². The van der Waals surface area contributed by atoms with Gasteiger partial charge in [-0.3, -0.25) is 0 Å². The van der Waals surface area contributed by atoms with Gasteiger partial charge in [0.05, 0.1) is 12.2 Å². The first kappa shape index (κ1) is 12.0. The van der Waals surface area contributed by atoms with Crippen LogP contribution < -0.4 is 5.32 Å². The maximum Gasteiger partial charge on any atom is 0.332 e. The standard InChI is InChI=1S/C11H19NO3/c1-4-8-9(6-10(13)15-5-2)12-7-11(8,3)14/h6,8,12,14H,4-5,7H2,1-3H3/b9-6-/t8-,11+/m0/s1. The molecule has 0 saturated carbocycles. The highest BCUT2D eigenvalue weighted by atomic mass is 16.5. The monoisotopic (exact) mass is 213 g/mol. The molecule has 1 saturated heterocycles. The molecule has 1 rings (SSSR count). The molecule has 0 spiro atoms. The van der Waals surface area contributed by atoms with E-state index >= 15 is 0 Å². The predicted octanol–water partition coefficient (Wildman–Crippen LogP) is 0.814. The Morgan fingerprint density at radius 3 is 2.93 bits per heavy atom. The second-order valence-corrected chi connectivity index (χ2v) is 4.02. The fourth-order valence-corrected chi connectivity index (χ4v) is 1.98. The summed E-state index contributed by atoms with van der Waals surface area (Å²) in [6.45, 7) is 6.39. The summed E-state index contributed by atoms with van der Waals surface area (Å²) in [5.74, 6) is -0.363. The Morgan fingerprint density at radius 1 is 1.73 bits per heavy atom. The van der Waals surface area contributed by atoms with Crippen LogP contribution >= 0.6 is 0 Å². The summed E-state index contributed by atoms with van der Waals surface area (Å²) in [7, 11) is 0. The number of esters is 1. The Hall–Kier alpha value is -1.03. The Morgan fingerprint density at radius 2 is 2.40 bits per heavy atom. The van der Waals surface area contributed by atoms with E-state index in [0.29, 0.717) is 13.2 Å². The molecule has 2 N–H and O–H groups in total. The molecule has 0 amide bonds. The maximum absolute atomic E-state index is 11.3. The highest BCUT2D eigenvalue weighted by molar-refractivity contribution is 5.82. The van der Waals surface area contributed by atoms with Crippen molar-refractivity contribution in [3.8, 4) is 0 Å². The number of ether oxygens (including phenoxy) is 1. The molecule has 1 fully saturated rings. The molecule has 1 aliphatic rings. The minimum Gasteiger partial charge on any atom is -0.463 e. The summed E-state index contributed by atoms with van der Waals surface area (Å²) in [4.78, 5) is 11.3.